The second-order valence-electron chi connectivity index (χ2n) is 1.08. The molecule has 0 aliphatic carbocycles. The fourth-order valence-electron chi connectivity index (χ4n) is 0.158. The third kappa shape index (κ3) is 8.82. The van der Waals surface area contributed by atoms with Crippen LogP contribution in [0.1, 0.15) is 19.8 Å². The smallest absolute Gasteiger partial charge is 0.0430 e. The van der Waals surface area contributed by atoms with Crippen LogP contribution in [0.2, 0.25) is 0 Å². The summed E-state index contributed by atoms with van der Waals surface area (Å²) < 4.78 is 0. The van der Waals surface area contributed by atoms with Crippen LogP contribution in [0.25, 0.3) is 0 Å². The van der Waals surface area contributed by atoms with Crippen molar-refractivity contribution in [1.82, 2.24) is 0 Å². The van der Waals surface area contributed by atoms with Gasteiger partial charge in [0, 0.05) is 24.0 Å². The summed E-state index contributed by atoms with van der Waals surface area (Å²) in [6.45, 7) is 2.40. The van der Waals surface area contributed by atoms with Crippen LogP contribution in [0.15, 0.2) is 0 Å². The second kappa shape index (κ2) is 9.09. The summed E-state index contributed by atoms with van der Waals surface area (Å²) in [5, 5.41) is 8.07. The van der Waals surface area contributed by atoms with E-state index in [9.17, 15) is 0 Å². The summed E-state index contributed by atoms with van der Waals surface area (Å²) in [6.07, 6.45) is 2.04. The van der Waals surface area contributed by atoms with E-state index in [0.29, 0.717) is 6.61 Å². The molecule has 0 aromatic rings. The van der Waals surface area contributed by atoms with Crippen molar-refractivity contribution in [2.45, 2.75) is 19.8 Å². The topological polar surface area (TPSA) is 20.2 Å². The second-order valence-corrected chi connectivity index (χ2v) is 1.08. The molecular weight excluding hydrogens is 116 g/mol. The molecule has 0 spiro atoms. The molecule has 1 N–H and O–H groups in total. The summed E-state index contributed by atoms with van der Waals surface area (Å²) in [6, 6.07) is 0. The molecule has 0 radical (unpaired) electrons. The molecule has 0 bridgehead atoms. The molecule has 0 aromatic carbocycles. The van der Waals surface area contributed by atoms with Crippen molar-refractivity contribution < 1.29 is 22.5 Å². The molecule has 0 unspecified atom stereocenters. The zero-order valence-electron chi connectivity index (χ0n) is 3.98. The summed E-state index contributed by atoms with van der Waals surface area (Å²) in [7, 11) is 0. The summed E-state index contributed by atoms with van der Waals surface area (Å²) in [5.41, 5.74) is 0. The van der Waals surface area contributed by atoms with E-state index >= 15 is 0 Å². The zero-order chi connectivity index (χ0) is 4.12. The molecule has 0 aliphatic rings. The van der Waals surface area contributed by atoms with Gasteiger partial charge in [0.15, 0.2) is 0 Å². The van der Waals surface area contributed by atoms with Gasteiger partial charge in [-0.25, -0.2) is 0 Å². The molecule has 6 heavy (non-hydrogen) atoms. The Kier molecular flexibility index (Phi) is 14.7. The predicted octanol–water partition coefficient (Wildman–Crippen LogP) is 0.776. The molecule has 0 saturated heterocycles. The van der Waals surface area contributed by atoms with Crippen LogP contribution >= 0.6 is 0 Å². The van der Waals surface area contributed by atoms with Crippen molar-refractivity contribution in [1.29, 1.82) is 0 Å². The van der Waals surface area contributed by atoms with E-state index in [1.807, 2.05) is 0 Å². The Bertz CT molecular complexity index is 15.0. The minimum atomic E-state index is 0. The molecule has 0 aliphatic heterocycles. The standard InChI is InChI=1S/C4H10O.Cr/c1-2-3-4-5;/h5H,2-4H2,1H3;. The van der Waals surface area contributed by atoms with E-state index in [1.54, 1.807) is 0 Å². The maximum absolute atomic E-state index is 8.07. The largest absolute Gasteiger partial charge is 0.396 e. The monoisotopic (exact) mass is 126 g/mol. The van der Waals surface area contributed by atoms with E-state index in [0.717, 1.165) is 12.8 Å². The molecule has 0 amide bonds. The molecule has 38 valence electrons. The molecule has 0 saturated carbocycles. The van der Waals surface area contributed by atoms with Gasteiger partial charge in [-0.1, -0.05) is 13.3 Å². The minimum absolute atomic E-state index is 0. The van der Waals surface area contributed by atoms with Crippen molar-refractivity contribution in [2.75, 3.05) is 6.61 Å². The molecule has 0 fully saturated rings. The predicted molar refractivity (Wildman–Crippen MR) is 22.0 cm³/mol. The number of rotatable bonds is 2. The van der Waals surface area contributed by atoms with Gasteiger partial charge >= 0.3 is 0 Å². The average Bonchev–Trinajstić information content (AvgIpc) is 1.41. The van der Waals surface area contributed by atoms with Crippen LogP contribution < -0.4 is 0 Å². The van der Waals surface area contributed by atoms with Crippen LogP contribution in [-0.2, 0) is 17.4 Å². The Balaban J connectivity index is 0. The first kappa shape index (κ1) is 9.70. The van der Waals surface area contributed by atoms with Crippen LogP contribution in [0.3, 0.4) is 0 Å². The fraction of sp³-hybridized carbons (Fsp3) is 1.00. The van der Waals surface area contributed by atoms with Crippen LogP contribution in [0.4, 0.5) is 0 Å². The van der Waals surface area contributed by atoms with E-state index in [1.165, 1.54) is 0 Å². The van der Waals surface area contributed by atoms with Crippen molar-refractivity contribution in [2.24, 2.45) is 0 Å². The van der Waals surface area contributed by atoms with Gasteiger partial charge in [-0.3, -0.25) is 0 Å². The third-order valence-electron chi connectivity index (χ3n) is 0.512. The normalized spacial score (nSPS) is 7.00. The van der Waals surface area contributed by atoms with Crippen LogP contribution in [0.5, 0.6) is 0 Å². The third-order valence-corrected chi connectivity index (χ3v) is 0.512. The first-order valence-electron chi connectivity index (χ1n) is 2.02. The van der Waals surface area contributed by atoms with E-state index in [2.05, 4.69) is 6.92 Å². The zero-order valence-corrected chi connectivity index (χ0v) is 5.25. The summed E-state index contributed by atoms with van der Waals surface area (Å²) in [5.74, 6) is 0. The Labute approximate surface area is 49.5 Å². The summed E-state index contributed by atoms with van der Waals surface area (Å²) >= 11 is 0. The Hall–Kier alpha value is 0.492. The maximum Gasteiger partial charge on any atom is 0.0430 e. The first-order chi connectivity index (χ1) is 2.41. The molecule has 0 heterocycles. The Morgan fingerprint density at radius 2 is 2.00 bits per heavy atom. The Morgan fingerprint density at radius 1 is 1.50 bits per heavy atom. The fourth-order valence-corrected chi connectivity index (χ4v) is 0.158. The molecule has 0 atom stereocenters. The van der Waals surface area contributed by atoms with Gasteiger partial charge in [-0.05, 0) is 6.42 Å². The van der Waals surface area contributed by atoms with Gasteiger partial charge in [0.2, 0.25) is 0 Å². The van der Waals surface area contributed by atoms with Gasteiger partial charge < -0.3 is 5.11 Å². The minimum Gasteiger partial charge on any atom is -0.396 e. The van der Waals surface area contributed by atoms with Crippen molar-refractivity contribution >= 4 is 0 Å². The number of hydrogen-bond donors (Lipinski definition) is 1. The Morgan fingerprint density at radius 3 is 2.00 bits per heavy atom. The molecular formula is C4H10CrO. The first-order valence-corrected chi connectivity index (χ1v) is 2.02. The van der Waals surface area contributed by atoms with E-state index < -0.39 is 0 Å². The molecule has 1 nitrogen and oxygen atoms in total. The van der Waals surface area contributed by atoms with Gasteiger partial charge in [0.05, 0.1) is 0 Å². The number of hydrogen-bond acceptors (Lipinski definition) is 1. The number of unbranched alkanes of at least 4 members (excludes halogenated alkanes) is 1. The van der Waals surface area contributed by atoms with Crippen LogP contribution in [0, 0.1) is 0 Å². The molecule has 0 rings (SSSR count). The van der Waals surface area contributed by atoms with Gasteiger partial charge in [-0.2, -0.15) is 0 Å². The average molecular weight is 126 g/mol. The van der Waals surface area contributed by atoms with Crippen molar-refractivity contribution in [3.05, 3.63) is 0 Å². The number of aliphatic hydroxyl groups excluding tert-OH is 1. The SMILES string of the molecule is CCCCO.[Cr]. The molecule has 2 heteroatoms. The van der Waals surface area contributed by atoms with E-state index in [-0.39, 0.29) is 17.4 Å². The number of aliphatic hydroxyl groups is 1. The maximum atomic E-state index is 8.07. The van der Waals surface area contributed by atoms with Crippen molar-refractivity contribution in [3.63, 3.8) is 0 Å². The van der Waals surface area contributed by atoms with Gasteiger partial charge in [-0.15, -0.1) is 0 Å². The van der Waals surface area contributed by atoms with Gasteiger partial charge in [0.25, 0.3) is 0 Å². The van der Waals surface area contributed by atoms with Crippen molar-refractivity contribution in [3.8, 4) is 0 Å². The van der Waals surface area contributed by atoms with Gasteiger partial charge in [0.1, 0.15) is 0 Å². The van der Waals surface area contributed by atoms with Crippen LogP contribution in [-0.4, -0.2) is 11.7 Å². The van der Waals surface area contributed by atoms with E-state index in [4.69, 9.17) is 5.11 Å². The molecule has 0 aromatic heterocycles. The summed E-state index contributed by atoms with van der Waals surface area (Å²) in [4.78, 5) is 0. The quantitative estimate of drug-likeness (QED) is 0.579.